The molecule has 4 aromatic rings. The molecule has 12 heteroatoms. The maximum atomic E-state index is 13.0. The van der Waals surface area contributed by atoms with E-state index in [2.05, 4.69) is 48.2 Å². The number of anilines is 2. The van der Waals surface area contributed by atoms with Gasteiger partial charge in [0.25, 0.3) is 5.91 Å². The summed E-state index contributed by atoms with van der Waals surface area (Å²) in [5, 5.41) is 21.7. The summed E-state index contributed by atoms with van der Waals surface area (Å²) in [6.45, 7) is 3.18. The molecule has 1 aliphatic rings. The van der Waals surface area contributed by atoms with Crippen molar-refractivity contribution >= 4 is 35.0 Å². The Labute approximate surface area is 192 Å². The minimum Gasteiger partial charge on any atom is -0.378 e. The first-order chi connectivity index (χ1) is 16.1. The first kappa shape index (κ1) is 20.8. The molecule has 0 saturated carbocycles. The number of benzene rings is 1. The quantitative estimate of drug-likeness (QED) is 0.328. The van der Waals surface area contributed by atoms with Gasteiger partial charge in [0.05, 0.1) is 18.5 Å². The van der Waals surface area contributed by atoms with Crippen molar-refractivity contribution in [2.75, 3.05) is 17.2 Å². The third kappa shape index (κ3) is 4.07. The maximum Gasteiger partial charge on any atom is 0.293 e. The lowest BCUT2D eigenvalue weighted by molar-refractivity contribution is 0.0949. The highest BCUT2D eigenvalue weighted by Gasteiger charge is 2.27. The van der Waals surface area contributed by atoms with Gasteiger partial charge in [-0.15, -0.1) is 16.4 Å². The predicted octanol–water partition coefficient (Wildman–Crippen LogP) is 2.32. The lowest BCUT2D eigenvalue weighted by Gasteiger charge is -2.31. The van der Waals surface area contributed by atoms with Gasteiger partial charge in [-0.3, -0.25) is 4.79 Å². The van der Waals surface area contributed by atoms with E-state index in [-0.39, 0.29) is 17.3 Å². The van der Waals surface area contributed by atoms with E-state index in [1.165, 1.54) is 10.2 Å². The summed E-state index contributed by atoms with van der Waals surface area (Å²) in [6.07, 6.45) is 3.62. The monoisotopic (exact) mass is 463 g/mol. The molecule has 1 aliphatic heterocycles. The van der Waals surface area contributed by atoms with E-state index >= 15 is 0 Å². The Morgan fingerprint density at radius 1 is 1.33 bits per heavy atom. The number of carbonyl (C=O) groups is 1. The van der Waals surface area contributed by atoms with Crippen LogP contribution >= 0.6 is 11.3 Å². The van der Waals surface area contributed by atoms with Gasteiger partial charge in [0, 0.05) is 17.1 Å². The Morgan fingerprint density at radius 3 is 3.00 bits per heavy atom. The summed E-state index contributed by atoms with van der Waals surface area (Å²) in [5.41, 5.74) is 12.5. The van der Waals surface area contributed by atoms with Crippen molar-refractivity contribution in [2.45, 2.75) is 26.3 Å². The third-order valence-electron chi connectivity index (χ3n) is 5.47. The third-order valence-corrected chi connectivity index (χ3v) is 6.42. The van der Waals surface area contributed by atoms with E-state index in [1.54, 1.807) is 17.6 Å². The Balaban J connectivity index is 1.47. The molecular formula is C21H21N9O2S. The number of amides is 1. The van der Waals surface area contributed by atoms with Crippen molar-refractivity contribution < 1.29 is 9.42 Å². The van der Waals surface area contributed by atoms with Crippen LogP contribution in [-0.2, 0) is 13.0 Å². The van der Waals surface area contributed by atoms with E-state index in [4.69, 9.17) is 10.4 Å². The van der Waals surface area contributed by atoms with Gasteiger partial charge >= 0.3 is 0 Å². The van der Waals surface area contributed by atoms with Crippen molar-refractivity contribution in [2.24, 2.45) is 5.10 Å². The summed E-state index contributed by atoms with van der Waals surface area (Å²) in [4.78, 5) is 16.1. The predicted molar refractivity (Wildman–Crippen MR) is 124 cm³/mol. The molecule has 1 amide bonds. The fourth-order valence-corrected chi connectivity index (χ4v) is 4.59. The molecule has 3 N–H and O–H groups in total. The standard InChI is InChI=1S/C21H21N9O2S/c1-13-8-10-33-17(13)11-23-25-21(31)18-16(30(28-24-18)20-19(22)26-32-27-20)12-29-9-4-6-14-5-2-3-7-15(14)29/h2-3,5,7-8,10-11H,4,6,9,12H2,1H3,(H2,22,26)(H,25,31)/b23-11-. The number of para-hydroxylation sites is 1. The van der Waals surface area contributed by atoms with Crippen molar-refractivity contribution in [1.29, 1.82) is 0 Å². The van der Waals surface area contributed by atoms with Gasteiger partial charge in [-0.2, -0.15) is 9.78 Å². The molecule has 0 atom stereocenters. The number of nitrogens with one attached hydrogen (secondary N) is 1. The van der Waals surface area contributed by atoms with Gasteiger partial charge in [0.1, 0.15) is 0 Å². The molecule has 0 radical (unpaired) electrons. The normalized spacial score (nSPS) is 13.4. The molecule has 33 heavy (non-hydrogen) atoms. The van der Waals surface area contributed by atoms with Crippen LogP contribution in [-0.4, -0.2) is 44.0 Å². The van der Waals surface area contributed by atoms with E-state index in [9.17, 15) is 4.79 Å². The fraction of sp³-hybridized carbons (Fsp3) is 0.238. The van der Waals surface area contributed by atoms with Crippen LogP contribution < -0.4 is 16.1 Å². The number of nitrogen functional groups attached to an aromatic ring is 1. The second kappa shape index (κ2) is 8.82. The number of thiophene rings is 1. The zero-order chi connectivity index (χ0) is 22.8. The van der Waals surface area contributed by atoms with E-state index in [1.807, 2.05) is 30.5 Å². The molecule has 4 heterocycles. The summed E-state index contributed by atoms with van der Waals surface area (Å²) in [5.74, 6) is -0.250. The zero-order valence-electron chi connectivity index (χ0n) is 17.8. The van der Waals surface area contributed by atoms with Crippen LogP contribution in [0.3, 0.4) is 0 Å². The van der Waals surface area contributed by atoms with Crippen LogP contribution in [0.25, 0.3) is 5.82 Å². The molecular weight excluding hydrogens is 442 g/mol. The zero-order valence-corrected chi connectivity index (χ0v) is 18.6. The van der Waals surface area contributed by atoms with E-state index in [0.717, 1.165) is 35.5 Å². The smallest absolute Gasteiger partial charge is 0.293 e. The number of nitrogens with two attached hydrogens (primary N) is 1. The van der Waals surface area contributed by atoms with E-state index in [0.29, 0.717) is 12.2 Å². The average Bonchev–Trinajstić information content (AvgIpc) is 3.54. The Morgan fingerprint density at radius 2 is 2.21 bits per heavy atom. The molecule has 1 aromatic carbocycles. The number of hydrazone groups is 1. The second-order valence-electron chi connectivity index (χ2n) is 7.59. The molecule has 0 aliphatic carbocycles. The molecule has 0 unspecified atom stereocenters. The number of rotatable bonds is 6. The molecule has 11 nitrogen and oxygen atoms in total. The maximum absolute atomic E-state index is 13.0. The fourth-order valence-electron chi connectivity index (χ4n) is 3.80. The summed E-state index contributed by atoms with van der Waals surface area (Å²) in [7, 11) is 0. The molecule has 0 bridgehead atoms. The lowest BCUT2D eigenvalue weighted by atomic mass is 10.0. The van der Waals surface area contributed by atoms with Crippen molar-refractivity contribution in [3.8, 4) is 5.82 Å². The van der Waals surface area contributed by atoms with Crippen molar-refractivity contribution in [3.63, 3.8) is 0 Å². The number of aromatic nitrogens is 5. The van der Waals surface area contributed by atoms with Gasteiger partial charge in [-0.1, -0.05) is 23.4 Å². The molecule has 3 aromatic heterocycles. The first-order valence-corrected chi connectivity index (χ1v) is 11.2. The Bertz CT molecular complexity index is 1320. The van der Waals surface area contributed by atoms with Crippen LogP contribution in [0.2, 0.25) is 0 Å². The van der Waals surface area contributed by atoms with Crippen LogP contribution in [0.4, 0.5) is 11.5 Å². The van der Waals surface area contributed by atoms with Gasteiger partial charge in [-0.25, -0.2) is 10.1 Å². The second-order valence-corrected chi connectivity index (χ2v) is 8.54. The number of hydrogen-bond donors (Lipinski definition) is 2. The van der Waals surface area contributed by atoms with Gasteiger partial charge in [0.2, 0.25) is 11.6 Å². The summed E-state index contributed by atoms with van der Waals surface area (Å²) in [6, 6.07) is 10.2. The van der Waals surface area contributed by atoms with Crippen LogP contribution in [0.15, 0.2) is 45.4 Å². The minimum atomic E-state index is -0.484. The minimum absolute atomic E-state index is 0.0540. The van der Waals surface area contributed by atoms with Crippen molar-refractivity contribution in [1.82, 2.24) is 30.7 Å². The average molecular weight is 464 g/mol. The van der Waals surface area contributed by atoms with E-state index < -0.39 is 5.91 Å². The van der Waals surface area contributed by atoms with Crippen LogP contribution in [0.1, 0.15) is 38.6 Å². The van der Waals surface area contributed by atoms with Crippen molar-refractivity contribution in [3.05, 3.63) is 63.1 Å². The first-order valence-electron chi connectivity index (χ1n) is 10.3. The topological polar surface area (TPSA) is 140 Å². The van der Waals surface area contributed by atoms with Gasteiger partial charge in [-0.05, 0) is 58.7 Å². The highest BCUT2D eigenvalue weighted by molar-refractivity contribution is 7.11. The number of hydrogen-bond acceptors (Lipinski definition) is 10. The molecule has 0 fully saturated rings. The SMILES string of the molecule is Cc1ccsc1/C=N\NC(=O)c1nnn(-c2nonc2N)c1CN1CCCc2ccccc21. The number of aryl methyl sites for hydroxylation is 2. The molecule has 0 saturated heterocycles. The number of carbonyl (C=O) groups excluding carboxylic acids is 1. The van der Waals surface area contributed by atoms with Crippen LogP contribution in [0, 0.1) is 6.92 Å². The van der Waals surface area contributed by atoms with Gasteiger partial charge < -0.3 is 10.6 Å². The Kier molecular flexibility index (Phi) is 5.57. The lowest BCUT2D eigenvalue weighted by Crippen LogP contribution is -2.31. The largest absolute Gasteiger partial charge is 0.378 e. The highest BCUT2D eigenvalue weighted by Crippen LogP contribution is 2.29. The summed E-state index contributed by atoms with van der Waals surface area (Å²) < 4.78 is 6.13. The molecule has 0 spiro atoms. The summed E-state index contributed by atoms with van der Waals surface area (Å²) >= 11 is 1.54. The van der Waals surface area contributed by atoms with Gasteiger partial charge in [0.15, 0.2) is 5.69 Å². The molecule has 5 rings (SSSR count). The number of nitrogens with zero attached hydrogens (tertiary/aromatic N) is 7. The Hall–Kier alpha value is -4.06. The highest BCUT2D eigenvalue weighted by atomic mass is 32.1. The number of fused-ring (bicyclic) bond motifs is 1. The molecule has 168 valence electrons. The van der Waals surface area contributed by atoms with Crippen LogP contribution in [0.5, 0.6) is 0 Å².